The second kappa shape index (κ2) is 7.25. The molecule has 1 saturated carbocycles. The van der Waals surface area contributed by atoms with E-state index in [1.54, 1.807) is 0 Å². The molecular formula is C18H26N4. The highest BCUT2D eigenvalue weighted by Crippen LogP contribution is 2.27. The van der Waals surface area contributed by atoms with E-state index >= 15 is 0 Å². The summed E-state index contributed by atoms with van der Waals surface area (Å²) in [5.74, 6) is 1.61. The molecule has 0 amide bonds. The minimum Gasteiger partial charge on any atom is -0.367 e. The maximum absolute atomic E-state index is 4.66. The predicted molar refractivity (Wildman–Crippen MR) is 95.6 cm³/mol. The summed E-state index contributed by atoms with van der Waals surface area (Å²) in [6.07, 6.45) is 6.88. The van der Waals surface area contributed by atoms with Crippen LogP contribution in [0.1, 0.15) is 38.7 Å². The number of aryl methyl sites for hydroxylation is 1. The van der Waals surface area contributed by atoms with E-state index in [0.717, 1.165) is 16.7 Å². The number of anilines is 2. The molecule has 1 heterocycles. The van der Waals surface area contributed by atoms with Crippen molar-refractivity contribution in [3.63, 3.8) is 0 Å². The van der Waals surface area contributed by atoms with Crippen molar-refractivity contribution in [2.24, 2.45) is 0 Å². The highest BCUT2D eigenvalue weighted by molar-refractivity contribution is 5.90. The molecule has 0 saturated heterocycles. The van der Waals surface area contributed by atoms with Crippen LogP contribution in [0.5, 0.6) is 0 Å². The molecule has 1 aromatic carbocycles. The van der Waals surface area contributed by atoms with Crippen LogP contribution >= 0.6 is 0 Å². The van der Waals surface area contributed by atoms with E-state index in [2.05, 4.69) is 52.3 Å². The highest BCUT2D eigenvalue weighted by atomic mass is 15.1. The molecule has 0 spiro atoms. The third kappa shape index (κ3) is 3.56. The number of rotatable bonds is 5. The van der Waals surface area contributed by atoms with Crippen molar-refractivity contribution >= 4 is 22.7 Å². The first-order chi connectivity index (χ1) is 10.3. The van der Waals surface area contributed by atoms with Gasteiger partial charge in [-0.15, -0.1) is 6.58 Å². The lowest BCUT2D eigenvalue weighted by Gasteiger charge is -2.16. The van der Waals surface area contributed by atoms with E-state index in [1.165, 1.54) is 31.2 Å². The Bertz CT molecular complexity index is 645. The molecule has 0 bridgehead atoms. The molecule has 0 aliphatic heterocycles. The zero-order chi connectivity index (χ0) is 14.7. The summed E-state index contributed by atoms with van der Waals surface area (Å²) in [5.41, 5.74) is 2.20. The fourth-order valence-electron chi connectivity index (χ4n) is 2.86. The van der Waals surface area contributed by atoms with Crippen LogP contribution in [-0.4, -0.2) is 22.6 Å². The van der Waals surface area contributed by atoms with Crippen molar-refractivity contribution in [2.75, 3.05) is 17.2 Å². The number of nitrogens with zero attached hydrogens (tertiary/aromatic N) is 2. The second-order valence-electron chi connectivity index (χ2n) is 5.71. The topological polar surface area (TPSA) is 49.8 Å². The van der Waals surface area contributed by atoms with Crippen LogP contribution < -0.4 is 10.6 Å². The van der Waals surface area contributed by atoms with Crippen molar-refractivity contribution in [1.82, 2.24) is 9.97 Å². The van der Waals surface area contributed by atoms with Gasteiger partial charge in [0.05, 0.1) is 5.52 Å². The Hall–Kier alpha value is -2.10. The molecule has 2 aromatic rings. The summed E-state index contributed by atoms with van der Waals surface area (Å²) in [6, 6.07) is 6.84. The minimum absolute atomic E-state index is 0. The van der Waals surface area contributed by atoms with Gasteiger partial charge in [0.1, 0.15) is 5.82 Å². The quantitative estimate of drug-likeness (QED) is 0.796. The number of nitrogens with one attached hydrogen (secondary N) is 2. The van der Waals surface area contributed by atoms with E-state index < -0.39 is 0 Å². The molecule has 4 nitrogen and oxygen atoms in total. The lowest BCUT2D eigenvalue weighted by atomic mass is 10.1. The van der Waals surface area contributed by atoms with Crippen LogP contribution in [0.4, 0.5) is 11.8 Å². The van der Waals surface area contributed by atoms with Gasteiger partial charge < -0.3 is 10.6 Å². The van der Waals surface area contributed by atoms with E-state index in [-0.39, 0.29) is 7.43 Å². The molecule has 0 unspecified atom stereocenters. The minimum atomic E-state index is 0. The van der Waals surface area contributed by atoms with Crippen molar-refractivity contribution in [1.29, 1.82) is 0 Å². The maximum atomic E-state index is 4.66. The number of benzene rings is 1. The molecule has 0 atom stereocenters. The van der Waals surface area contributed by atoms with Gasteiger partial charge in [0.15, 0.2) is 0 Å². The molecule has 0 radical (unpaired) electrons. The Balaban J connectivity index is 0.00000176. The summed E-state index contributed by atoms with van der Waals surface area (Å²) < 4.78 is 0. The summed E-state index contributed by atoms with van der Waals surface area (Å²) in [7, 11) is 0. The van der Waals surface area contributed by atoms with Gasteiger partial charge in [-0.05, 0) is 31.9 Å². The lowest BCUT2D eigenvalue weighted by Crippen LogP contribution is -2.17. The zero-order valence-corrected chi connectivity index (χ0v) is 12.5. The van der Waals surface area contributed by atoms with Gasteiger partial charge in [0, 0.05) is 18.0 Å². The van der Waals surface area contributed by atoms with Gasteiger partial charge in [-0.1, -0.05) is 38.0 Å². The summed E-state index contributed by atoms with van der Waals surface area (Å²) >= 11 is 0. The Morgan fingerprint density at radius 2 is 2.05 bits per heavy atom. The van der Waals surface area contributed by atoms with Crippen LogP contribution in [-0.2, 0) is 0 Å². The Kier molecular flexibility index (Phi) is 5.36. The van der Waals surface area contributed by atoms with Gasteiger partial charge in [-0.3, -0.25) is 0 Å². The van der Waals surface area contributed by atoms with Crippen molar-refractivity contribution in [3.8, 4) is 0 Å². The predicted octanol–water partition coefficient (Wildman–Crippen LogP) is 4.53. The Morgan fingerprint density at radius 1 is 1.27 bits per heavy atom. The van der Waals surface area contributed by atoms with E-state index in [4.69, 9.17) is 0 Å². The van der Waals surface area contributed by atoms with Crippen LogP contribution in [0, 0.1) is 6.92 Å². The molecule has 4 heteroatoms. The average Bonchev–Trinajstić information content (AvgIpc) is 2.98. The maximum Gasteiger partial charge on any atom is 0.225 e. The molecule has 1 aliphatic rings. The zero-order valence-electron chi connectivity index (χ0n) is 12.5. The number of fused-ring (bicyclic) bond motifs is 1. The first kappa shape index (κ1) is 16.3. The lowest BCUT2D eigenvalue weighted by molar-refractivity contribution is 0.751. The third-order valence-corrected chi connectivity index (χ3v) is 3.95. The molecule has 3 rings (SSSR count). The largest absolute Gasteiger partial charge is 0.367 e. The molecule has 22 heavy (non-hydrogen) atoms. The SMILES string of the molecule is C.C=CCNc1nc(NC2CCCC2)c2cc(C)ccc2n1. The van der Waals surface area contributed by atoms with Crippen LogP contribution in [0.25, 0.3) is 10.9 Å². The Labute approximate surface area is 133 Å². The molecule has 1 fully saturated rings. The summed E-state index contributed by atoms with van der Waals surface area (Å²) in [5, 5.41) is 7.90. The highest BCUT2D eigenvalue weighted by Gasteiger charge is 2.17. The normalized spacial score (nSPS) is 14.6. The number of hydrogen-bond acceptors (Lipinski definition) is 4. The van der Waals surface area contributed by atoms with Crippen LogP contribution in [0.3, 0.4) is 0 Å². The molecule has 2 N–H and O–H groups in total. The van der Waals surface area contributed by atoms with E-state index in [9.17, 15) is 0 Å². The third-order valence-electron chi connectivity index (χ3n) is 3.95. The molecular weight excluding hydrogens is 272 g/mol. The number of aromatic nitrogens is 2. The molecule has 1 aromatic heterocycles. The van der Waals surface area contributed by atoms with Gasteiger partial charge in [-0.25, -0.2) is 4.98 Å². The monoisotopic (exact) mass is 298 g/mol. The second-order valence-corrected chi connectivity index (χ2v) is 5.71. The van der Waals surface area contributed by atoms with Crippen LogP contribution in [0.15, 0.2) is 30.9 Å². The van der Waals surface area contributed by atoms with Crippen molar-refractivity contribution in [3.05, 3.63) is 36.4 Å². The van der Waals surface area contributed by atoms with Gasteiger partial charge in [-0.2, -0.15) is 4.98 Å². The van der Waals surface area contributed by atoms with Crippen molar-refractivity contribution < 1.29 is 0 Å². The molecule has 1 aliphatic carbocycles. The van der Waals surface area contributed by atoms with Crippen molar-refractivity contribution in [2.45, 2.75) is 46.1 Å². The average molecular weight is 298 g/mol. The summed E-state index contributed by atoms with van der Waals surface area (Å²) in [4.78, 5) is 9.24. The number of hydrogen-bond donors (Lipinski definition) is 2. The van der Waals surface area contributed by atoms with E-state index in [0.29, 0.717) is 18.5 Å². The van der Waals surface area contributed by atoms with Gasteiger partial charge >= 0.3 is 0 Å². The van der Waals surface area contributed by atoms with Crippen LogP contribution in [0.2, 0.25) is 0 Å². The van der Waals surface area contributed by atoms with Gasteiger partial charge in [0.25, 0.3) is 0 Å². The fraction of sp³-hybridized carbons (Fsp3) is 0.444. The first-order valence-electron chi connectivity index (χ1n) is 7.66. The van der Waals surface area contributed by atoms with Gasteiger partial charge in [0.2, 0.25) is 5.95 Å². The standard InChI is InChI=1S/C17H22N4.CH4/c1-3-10-18-17-20-15-9-8-12(2)11-14(15)16(21-17)19-13-6-4-5-7-13;/h3,8-9,11,13H,1,4-7,10H2,2H3,(H2,18,19,20,21);1H4. The molecule has 118 valence electrons. The fourth-order valence-corrected chi connectivity index (χ4v) is 2.86. The summed E-state index contributed by atoms with van der Waals surface area (Å²) in [6.45, 7) is 6.49. The first-order valence-corrected chi connectivity index (χ1v) is 7.66. The Morgan fingerprint density at radius 3 is 2.77 bits per heavy atom. The smallest absolute Gasteiger partial charge is 0.225 e. The van der Waals surface area contributed by atoms with E-state index in [1.807, 2.05) is 6.08 Å².